The van der Waals surface area contributed by atoms with Crippen molar-refractivity contribution in [2.45, 2.75) is 63.7 Å². The summed E-state index contributed by atoms with van der Waals surface area (Å²) in [4.78, 5) is 38.9. The van der Waals surface area contributed by atoms with E-state index in [1.165, 1.54) is 23.1 Å². The Bertz CT molecular complexity index is 940. The fraction of sp³-hybridized carbons (Fsp3) is 0.571. The number of benzene rings is 1. The Morgan fingerprint density at radius 1 is 1.16 bits per heavy atom. The first-order chi connectivity index (χ1) is 14.5. The summed E-state index contributed by atoms with van der Waals surface area (Å²) in [6.07, 6.45) is -2.03. The van der Waals surface area contributed by atoms with E-state index in [1.807, 2.05) is 0 Å². The summed E-state index contributed by atoms with van der Waals surface area (Å²) >= 11 is 0. The zero-order valence-electron chi connectivity index (χ0n) is 19.3. The van der Waals surface area contributed by atoms with E-state index in [9.17, 15) is 22.8 Å². The van der Waals surface area contributed by atoms with Crippen LogP contribution in [0.2, 0.25) is 0 Å². The van der Waals surface area contributed by atoms with Crippen molar-refractivity contribution < 1.29 is 32.3 Å². The molecule has 0 heterocycles. The smallest absolute Gasteiger partial charge is 0.408 e. The maximum absolute atomic E-state index is 13.0. The number of likely N-dealkylation sites (N-methyl/N-ethyl adjacent to an activating group) is 1. The number of carbonyl (C=O) groups is 3. The first kappa shape index (κ1) is 27.7. The van der Waals surface area contributed by atoms with Crippen molar-refractivity contribution in [2.75, 3.05) is 14.1 Å². The standard InChI is InChI=1S/C21H31ClN2O7S/c1-13(2)17(18(25)24(6)7)30-19(26)16(23-20(27)31-21(3,4)5)12-14-9-8-10-15(11-14)32(22,28)29/h8-11,13,16-17H,12H2,1-7H3,(H,23,27)/t16-,17?/m0/s1. The Morgan fingerprint density at radius 2 is 1.75 bits per heavy atom. The average molecular weight is 491 g/mol. The molecule has 0 spiro atoms. The van der Waals surface area contributed by atoms with Gasteiger partial charge in [0.05, 0.1) is 4.90 Å². The fourth-order valence-electron chi connectivity index (χ4n) is 2.64. The SMILES string of the molecule is CC(C)C(OC(=O)[C@H](Cc1cccc(S(=O)(=O)Cl)c1)NC(=O)OC(C)(C)C)C(=O)N(C)C. The lowest BCUT2D eigenvalue weighted by molar-refractivity contribution is -0.163. The lowest BCUT2D eigenvalue weighted by Crippen LogP contribution is -2.49. The first-order valence-corrected chi connectivity index (χ1v) is 12.3. The van der Waals surface area contributed by atoms with Crippen LogP contribution < -0.4 is 5.32 Å². The molecular formula is C21H31ClN2O7S. The number of carbonyl (C=O) groups excluding carboxylic acids is 3. The Kier molecular flexibility index (Phi) is 9.52. The predicted molar refractivity (Wildman–Crippen MR) is 120 cm³/mol. The number of halogens is 1. The molecule has 9 nitrogen and oxygen atoms in total. The van der Waals surface area contributed by atoms with Crippen molar-refractivity contribution in [2.24, 2.45) is 5.92 Å². The second-order valence-corrected chi connectivity index (χ2v) is 11.4. The maximum atomic E-state index is 13.0. The lowest BCUT2D eigenvalue weighted by atomic mass is 10.0. The Hall–Kier alpha value is -2.33. The average Bonchev–Trinajstić information content (AvgIpc) is 2.62. The molecule has 0 saturated heterocycles. The van der Waals surface area contributed by atoms with E-state index in [2.05, 4.69) is 5.32 Å². The number of nitrogens with one attached hydrogen (secondary N) is 1. The third-order valence-corrected chi connectivity index (χ3v) is 5.48. The number of ether oxygens (including phenoxy) is 2. The summed E-state index contributed by atoms with van der Waals surface area (Å²) in [6, 6.07) is 4.41. The molecule has 0 fully saturated rings. The molecule has 1 rings (SSSR count). The van der Waals surface area contributed by atoms with Crippen LogP contribution in [0.3, 0.4) is 0 Å². The summed E-state index contributed by atoms with van der Waals surface area (Å²) < 4.78 is 34.0. The summed E-state index contributed by atoms with van der Waals surface area (Å²) in [5.74, 6) is -1.58. The topological polar surface area (TPSA) is 119 Å². The van der Waals surface area contributed by atoms with Crippen LogP contribution in [-0.4, -0.2) is 63.1 Å². The number of amides is 2. The largest absolute Gasteiger partial charge is 0.450 e. The van der Waals surface area contributed by atoms with Gasteiger partial charge in [-0.15, -0.1) is 0 Å². The van der Waals surface area contributed by atoms with E-state index >= 15 is 0 Å². The van der Waals surface area contributed by atoms with Gasteiger partial charge in [0.1, 0.15) is 11.6 Å². The van der Waals surface area contributed by atoms with Gasteiger partial charge in [-0.2, -0.15) is 0 Å². The van der Waals surface area contributed by atoms with Crippen molar-refractivity contribution in [3.63, 3.8) is 0 Å². The van der Waals surface area contributed by atoms with Crippen LogP contribution >= 0.6 is 10.7 Å². The molecule has 0 bridgehead atoms. The highest BCUT2D eigenvalue weighted by atomic mass is 35.7. The van der Waals surface area contributed by atoms with E-state index < -0.39 is 44.8 Å². The summed E-state index contributed by atoms with van der Waals surface area (Å²) in [6.45, 7) is 8.45. The summed E-state index contributed by atoms with van der Waals surface area (Å²) in [5.41, 5.74) is -0.406. The van der Waals surface area contributed by atoms with E-state index in [-0.39, 0.29) is 17.2 Å². The molecule has 0 aromatic heterocycles. The van der Waals surface area contributed by atoms with Gasteiger partial charge in [-0.05, 0) is 44.4 Å². The van der Waals surface area contributed by atoms with Crippen LogP contribution in [0.4, 0.5) is 4.79 Å². The van der Waals surface area contributed by atoms with Crippen LogP contribution in [-0.2, 0) is 34.5 Å². The quantitative estimate of drug-likeness (QED) is 0.439. The molecule has 0 aliphatic heterocycles. The third-order valence-electron chi connectivity index (χ3n) is 4.13. The van der Waals surface area contributed by atoms with Crippen LogP contribution in [0, 0.1) is 5.92 Å². The van der Waals surface area contributed by atoms with Gasteiger partial charge in [0.2, 0.25) is 0 Å². The van der Waals surface area contributed by atoms with E-state index in [0.717, 1.165) is 0 Å². The molecular weight excluding hydrogens is 460 g/mol. The number of esters is 1. The Morgan fingerprint density at radius 3 is 2.22 bits per heavy atom. The highest BCUT2D eigenvalue weighted by molar-refractivity contribution is 8.13. The molecule has 180 valence electrons. The van der Waals surface area contributed by atoms with Gasteiger partial charge in [-0.3, -0.25) is 4.79 Å². The third kappa shape index (κ3) is 9.04. The molecule has 1 unspecified atom stereocenters. The van der Waals surface area contributed by atoms with E-state index in [4.69, 9.17) is 20.2 Å². The molecule has 0 radical (unpaired) electrons. The molecule has 32 heavy (non-hydrogen) atoms. The Labute approximate surface area is 193 Å². The second-order valence-electron chi connectivity index (χ2n) is 8.82. The maximum Gasteiger partial charge on any atom is 0.408 e. The molecule has 0 aliphatic carbocycles. The Balaban J connectivity index is 3.21. The van der Waals surface area contributed by atoms with Gasteiger partial charge >= 0.3 is 12.1 Å². The van der Waals surface area contributed by atoms with Gasteiger partial charge < -0.3 is 19.7 Å². The molecule has 1 aromatic carbocycles. The number of alkyl carbamates (subject to hydrolysis) is 1. The normalized spacial score (nSPS) is 13.8. The van der Waals surface area contributed by atoms with Crippen LogP contribution in [0.25, 0.3) is 0 Å². The molecule has 0 aliphatic rings. The van der Waals surface area contributed by atoms with Crippen molar-refractivity contribution in [3.8, 4) is 0 Å². The minimum absolute atomic E-state index is 0.112. The van der Waals surface area contributed by atoms with E-state index in [0.29, 0.717) is 5.56 Å². The molecule has 1 N–H and O–H groups in total. The van der Waals surface area contributed by atoms with Gasteiger partial charge in [0.15, 0.2) is 6.10 Å². The number of rotatable bonds is 8. The monoisotopic (exact) mass is 490 g/mol. The molecule has 0 saturated carbocycles. The van der Waals surface area contributed by atoms with Gasteiger partial charge in [-0.25, -0.2) is 18.0 Å². The summed E-state index contributed by atoms with van der Waals surface area (Å²) in [7, 11) is 4.50. The zero-order valence-corrected chi connectivity index (χ0v) is 20.9. The highest BCUT2D eigenvalue weighted by Crippen LogP contribution is 2.18. The van der Waals surface area contributed by atoms with Crippen LogP contribution in [0.5, 0.6) is 0 Å². The number of nitrogens with zero attached hydrogens (tertiary/aromatic N) is 1. The van der Waals surface area contributed by atoms with Crippen molar-refractivity contribution >= 4 is 37.7 Å². The van der Waals surface area contributed by atoms with Gasteiger partial charge in [0.25, 0.3) is 15.0 Å². The van der Waals surface area contributed by atoms with Crippen LogP contribution in [0.1, 0.15) is 40.2 Å². The van der Waals surface area contributed by atoms with Crippen LogP contribution in [0.15, 0.2) is 29.2 Å². The summed E-state index contributed by atoms with van der Waals surface area (Å²) in [5, 5.41) is 2.45. The molecule has 11 heteroatoms. The molecule has 1 aromatic rings. The van der Waals surface area contributed by atoms with Crippen molar-refractivity contribution in [3.05, 3.63) is 29.8 Å². The second kappa shape index (κ2) is 11.0. The zero-order chi connectivity index (χ0) is 24.9. The van der Waals surface area contributed by atoms with E-state index in [1.54, 1.807) is 54.8 Å². The fourth-order valence-corrected chi connectivity index (χ4v) is 3.46. The minimum Gasteiger partial charge on any atom is -0.450 e. The first-order valence-electron chi connectivity index (χ1n) is 9.96. The highest BCUT2D eigenvalue weighted by Gasteiger charge is 2.33. The number of hydrogen-bond acceptors (Lipinski definition) is 7. The lowest BCUT2D eigenvalue weighted by Gasteiger charge is -2.27. The van der Waals surface area contributed by atoms with Gasteiger partial charge in [0, 0.05) is 31.2 Å². The molecule has 2 atom stereocenters. The number of hydrogen-bond donors (Lipinski definition) is 1. The molecule has 2 amide bonds. The van der Waals surface area contributed by atoms with Crippen molar-refractivity contribution in [1.82, 2.24) is 10.2 Å². The van der Waals surface area contributed by atoms with Crippen molar-refractivity contribution in [1.29, 1.82) is 0 Å². The van der Waals surface area contributed by atoms with Gasteiger partial charge in [-0.1, -0.05) is 26.0 Å². The predicted octanol–water partition coefficient (Wildman–Crippen LogP) is 2.71. The minimum atomic E-state index is -3.99.